The summed E-state index contributed by atoms with van der Waals surface area (Å²) in [5.74, 6) is 0. The summed E-state index contributed by atoms with van der Waals surface area (Å²) in [4.78, 5) is 0. The van der Waals surface area contributed by atoms with Crippen molar-refractivity contribution in [1.82, 2.24) is 0 Å². The zero-order valence-electron chi connectivity index (χ0n) is 11.6. The van der Waals surface area contributed by atoms with E-state index in [0.29, 0.717) is 26.1 Å². The highest BCUT2D eigenvalue weighted by Crippen LogP contribution is 2.04. The van der Waals surface area contributed by atoms with E-state index in [1.54, 1.807) is 13.8 Å². The molecule has 0 heterocycles. The molecular weight excluding hydrogens is 220 g/mol. The van der Waals surface area contributed by atoms with Gasteiger partial charge in [0, 0.05) is 13.2 Å². The third-order valence-electron chi connectivity index (χ3n) is 2.44. The van der Waals surface area contributed by atoms with E-state index in [1.807, 2.05) is 13.8 Å². The second-order valence-corrected chi connectivity index (χ2v) is 4.89. The lowest BCUT2D eigenvalue weighted by molar-refractivity contribution is -0.00392. The molecule has 4 heteroatoms. The fourth-order valence-corrected chi connectivity index (χ4v) is 1.72. The summed E-state index contributed by atoms with van der Waals surface area (Å²) in [7, 11) is 0. The number of rotatable bonds is 10. The van der Waals surface area contributed by atoms with Crippen LogP contribution in [0.1, 0.15) is 47.0 Å². The maximum atomic E-state index is 9.15. The van der Waals surface area contributed by atoms with Gasteiger partial charge in [-0.25, -0.2) is 0 Å². The fourth-order valence-electron chi connectivity index (χ4n) is 1.72. The van der Waals surface area contributed by atoms with E-state index in [0.717, 1.165) is 6.42 Å². The number of aliphatic hydroxyl groups is 2. The monoisotopic (exact) mass is 248 g/mol. The molecule has 0 aromatic heterocycles. The number of hydrogen-bond donors (Lipinski definition) is 2. The molecule has 0 amide bonds. The molecule has 0 unspecified atom stereocenters. The van der Waals surface area contributed by atoms with E-state index < -0.39 is 0 Å². The average molecular weight is 248 g/mol. The molecule has 0 spiro atoms. The van der Waals surface area contributed by atoms with Gasteiger partial charge in [0.1, 0.15) is 0 Å². The molecule has 0 saturated heterocycles. The first-order valence-corrected chi connectivity index (χ1v) is 6.51. The second-order valence-electron chi connectivity index (χ2n) is 4.89. The van der Waals surface area contributed by atoms with Gasteiger partial charge in [-0.2, -0.15) is 0 Å². The van der Waals surface area contributed by atoms with E-state index in [2.05, 4.69) is 0 Å². The molecule has 0 aromatic rings. The van der Waals surface area contributed by atoms with Crippen molar-refractivity contribution >= 4 is 0 Å². The molecule has 0 aliphatic heterocycles. The maximum Gasteiger partial charge on any atom is 0.0571 e. The Hall–Kier alpha value is -0.160. The van der Waals surface area contributed by atoms with Gasteiger partial charge in [-0.1, -0.05) is 0 Å². The van der Waals surface area contributed by atoms with Gasteiger partial charge in [-0.15, -0.1) is 0 Å². The summed E-state index contributed by atoms with van der Waals surface area (Å²) in [6, 6.07) is 0. The van der Waals surface area contributed by atoms with Crippen molar-refractivity contribution in [3.8, 4) is 0 Å². The van der Waals surface area contributed by atoms with Gasteiger partial charge in [0.15, 0.2) is 0 Å². The number of ether oxygens (including phenoxy) is 2. The van der Waals surface area contributed by atoms with E-state index >= 15 is 0 Å². The Labute approximate surface area is 105 Å². The van der Waals surface area contributed by atoms with Crippen LogP contribution in [-0.4, -0.2) is 47.8 Å². The average Bonchev–Trinajstić information content (AvgIpc) is 2.14. The van der Waals surface area contributed by atoms with E-state index in [-0.39, 0.29) is 24.4 Å². The van der Waals surface area contributed by atoms with Crippen LogP contribution < -0.4 is 0 Å². The lowest BCUT2D eigenvalue weighted by Gasteiger charge is -2.16. The van der Waals surface area contributed by atoms with Crippen LogP contribution in [0.2, 0.25) is 0 Å². The Bertz CT molecular complexity index is 153. The van der Waals surface area contributed by atoms with Gasteiger partial charge in [0.25, 0.3) is 0 Å². The van der Waals surface area contributed by atoms with Crippen LogP contribution in [0.5, 0.6) is 0 Å². The maximum absolute atomic E-state index is 9.15. The molecule has 4 atom stereocenters. The van der Waals surface area contributed by atoms with Crippen LogP contribution in [0, 0.1) is 0 Å². The van der Waals surface area contributed by atoms with Crippen LogP contribution in [0.4, 0.5) is 0 Å². The zero-order chi connectivity index (χ0) is 13.3. The molecule has 17 heavy (non-hydrogen) atoms. The van der Waals surface area contributed by atoms with Gasteiger partial charge >= 0.3 is 0 Å². The van der Waals surface area contributed by atoms with Crippen LogP contribution in [-0.2, 0) is 9.47 Å². The highest BCUT2D eigenvalue weighted by atomic mass is 16.5. The Morgan fingerprint density at radius 1 is 0.765 bits per heavy atom. The highest BCUT2D eigenvalue weighted by molar-refractivity contribution is 4.57. The molecule has 0 aliphatic carbocycles. The fraction of sp³-hybridized carbons (Fsp3) is 1.00. The summed E-state index contributed by atoms with van der Waals surface area (Å²) in [6.45, 7) is 8.75. The summed E-state index contributed by atoms with van der Waals surface area (Å²) in [6.07, 6.45) is 1.72. The molecule has 0 radical (unpaired) electrons. The Balaban J connectivity index is 3.34. The molecule has 0 rings (SSSR count). The highest BCUT2D eigenvalue weighted by Gasteiger charge is 2.07. The zero-order valence-corrected chi connectivity index (χ0v) is 11.6. The van der Waals surface area contributed by atoms with Gasteiger partial charge in [-0.3, -0.25) is 0 Å². The van der Waals surface area contributed by atoms with E-state index in [9.17, 15) is 0 Å². The minimum atomic E-state index is -0.313. The van der Waals surface area contributed by atoms with Crippen LogP contribution in [0.15, 0.2) is 0 Å². The third kappa shape index (κ3) is 12.1. The van der Waals surface area contributed by atoms with Crippen molar-refractivity contribution < 1.29 is 19.7 Å². The third-order valence-corrected chi connectivity index (χ3v) is 2.44. The molecule has 0 fully saturated rings. The largest absolute Gasteiger partial charge is 0.393 e. The van der Waals surface area contributed by atoms with Crippen molar-refractivity contribution in [3.05, 3.63) is 0 Å². The van der Waals surface area contributed by atoms with Gasteiger partial charge in [0.2, 0.25) is 0 Å². The quantitative estimate of drug-likeness (QED) is 0.578. The van der Waals surface area contributed by atoms with Crippen LogP contribution >= 0.6 is 0 Å². The lowest BCUT2D eigenvalue weighted by Crippen LogP contribution is -2.19. The first kappa shape index (κ1) is 16.8. The summed E-state index contributed by atoms with van der Waals surface area (Å²) < 4.78 is 11.1. The molecule has 0 aromatic carbocycles. The predicted molar refractivity (Wildman–Crippen MR) is 68.0 cm³/mol. The van der Waals surface area contributed by atoms with Crippen LogP contribution in [0.3, 0.4) is 0 Å². The molecule has 104 valence electrons. The molecule has 4 nitrogen and oxygen atoms in total. The van der Waals surface area contributed by atoms with Crippen molar-refractivity contribution in [2.45, 2.75) is 71.4 Å². The topological polar surface area (TPSA) is 58.9 Å². The molecule has 2 N–H and O–H groups in total. The summed E-state index contributed by atoms with van der Waals surface area (Å²) in [5.41, 5.74) is 0. The van der Waals surface area contributed by atoms with Crippen molar-refractivity contribution in [3.63, 3.8) is 0 Å². The van der Waals surface area contributed by atoms with E-state index in [1.165, 1.54) is 0 Å². The molecular formula is C13H28O4. The normalized spacial score (nSPS) is 18.7. The molecule has 0 aliphatic rings. The van der Waals surface area contributed by atoms with E-state index in [4.69, 9.17) is 19.7 Å². The summed E-state index contributed by atoms with van der Waals surface area (Å²) in [5, 5.41) is 18.3. The Kier molecular flexibility index (Phi) is 9.74. The first-order valence-electron chi connectivity index (χ1n) is 6.51. The SMILES string of the molecule is C[C@H](O)C[C@H](C)OCCCO[C@@H](C)C[C@H](C)O. The Morgan fingerprint density at radius 2 is 1.12 bits per heavy atom. The standard InChI is InChI=1S/C13H28O4/c1-10(14)8-12(3)16-6-5-7-17-13(4)9-11(2)15/h10-15H,5-9H2,1-4H3/t10-,11-,12-,13-/m0/s1. The molecule has 0 bridgehead atoms. The minimum Gasteiger partial charge on any atom is -0.393 e. The van der Waals surface area contributed by atoms with Crippen LogP contribution in [0.25, 0.3) is 0 Å². The van der Waals surface area contributed by atoms with Crippen molar-refractivity contribution in [2.75, 3.05) is 13.2 Å². The van der Waals surface area contributed by atoms with Crippen molar-refractivity contribution in [1.29, 1.82) is 0 Å². The second kappa shape index (κ2) is 9.83. The van der Waals surface area contributed by atoms with Gasteiger partial charge < -0.3 is 19.7 Å². The molecule has 0 saturated carbocycles. The smallest absolute Gasteiger partial charge is 0.0571 e. The minimum absolute atomic E-state index is 0.0879. The first-order chi connectivity index (χ1) is 7.91. The summed E-state index contributed by atoms with van der Waals surface area (Å²) >= 11 is 0. The number of hydrogen-bond acceptors (Lipinski definition) is 4. The van der Waals surface area contributed by atoms with Gasteiger partial charge in [-0.05, 0) is 47.0 Å². The lowest BCUT2D eigenvalue weighted by atomic mass is 10.2. The van der Waals surface area contributed by atoms with Crippen molar-refractivity contribution in [2.24, 2.45) is 0 Å². The Morgan fingerprint density at radius 3 is 1.41 bits per heavy atom. The number of aliphatic hydroxyl groups excluding tert-OH is 2. The predicted octanol–water partition coefficient (Wildman–Crippen LogP) is 1.73. The van der Waals surface area contributed by atoms with Gasteiger partial charge in [0.05, 0.1) is 24.4 Å².